The van der Waals surface area contributed by atoms with E-state index in [1.165, 1.54) is 24.2 Å². The molecule has 38 heavy (non-hydrogen) atoms. The maximum Gasteiger partial charge on any atom is 0.262 e. The van der Waals surface area contributed by atoms with Crippen molar-refractivity contribution >= 4 is 40.4 Å². The molecule has 0 unspecified atom stereocenters. The number of aromatic nitrogens is 3. The second-order valence-electron chi connectivity index (χ2n) is 10.6. The molecule has 2 saturated carbocycles. The van der Waals surface area contributed by atoms with Gasteiger partial charge in [0, 0.05) is 36.8 Å². The molecule has 2 amide bonds. The van der Waals surface area contributed by atoms with Gasteiger partial charge < -0.3 is 16.0 Å². The SMILES string of the molecule is Cc1ncc(Cl)cc1N[C@@H](Cc1cnn(C)c1)c1ccc(C(=O)N[C@@H](CC2CCCC2)C(=O)NC2CC2)s1. The number of hydrogen-bond acceptors (Lipinski definition) is 6. The summed E-state index contributed by atoms with van der Waals surface area (Å²) in [6, 6.07) is 5.35. The van der Waals surface area contributed by atoms with E-state index < -0.39 is 6.04 Å². The van der Waals surface area contributed by atoms with E-state index in [4.69, 9.17) is 11.6 Å². The van der Waals surface area contributed by atoms with E-state index in [0.717, 1.165) is 47.5 Å². The number of nitrogens with one attached hydrogen (secondary N) is 3. The number of hydrogen-bond donors (Lipinski definition) is 3. The molecule has 2 atom stereocenters. The van der Waals surface area contributed by atoms with Crippen LogP contribution in [0.5, 0.6) is 0 Å². The van der Waals surface area contributed by atoms with Crippen LogP contribution in [0.4, 0.5) is 5.69 Å². The van der Waals surface area contributed by atoms with Gasteiger partial charge in [0.15, 0.2) is 0 Å². The first-order chi connectivity index (χ1) is 18.3. The second-order valence-corrected chi connectivity index (χ2v) is 12.2. The van der Waals surface area contributed by atoms with Crippen LogP contribution in [-0.2, 0) is 18.3 Å². The Morgan fingerprint density at radius 1 is 1.18 bits per heavy atom. The van der Waals surface area contributed by atoms with E-state index >= 15 is 0 Å². The average molecular weight is 555 g/mol. The quantitative estimate of drug-likeness (QED) is 0.303. The van der Waals surface area contributed by atoms with Gasteiger partial charge in [0.05, 0.1) is 33.5 Å². The summed E-state index contributed by atoms with van der Waals surface area (Å²) in [5, 5.41) is 14.6. The zero-order valence-electron chi connectivity index (χ0n) is 21.9. The third-order valence-electron chi connectivity index (χ3n) is 7.36. The van der Waals surface area contributed by atoms with Crippen molar-refractivity contribution in [2.45, 2.75) is 76.4 Å². The van der Waals surface area contributed by atoms with Gasteiger partial charge in [-0.05, 0) is 55.9 Å². The molecule has 2 fully saturated rings. The third kappa shape index (κ3) is 6.94. The molecule has 3 N–H and O–H groups in total. The van der Waals surface area contributed by atoms with Crippen molar-refractivity contribution in [3.63, 3.8) is 0 Å². The molecule has 0 aliphatic heterocycles. The fraction of sp³-hybridized carbons (Fsp3) is 0.500. The highest BCUT2D eigenvalue weighted by molar-refractivity contribution is 7.14. The number of nitrogens with zero attached hydrogens (tertiary/aromatic N) is 3. The van der Waals surface area contributed by atoms with Crippen molar-refractivity contribution in [2.24, 2.45) is 13.0 Å². The lowest BCUT2D eigenvalue weighted by Crippen LogP contribution is -2.48. The third-order valence-corrected chi connectivity index (χ3v) is 8.77. The monoisotopic (exact) mass is 554 g/mol. The smallest absolute Gasteiger partial charge is 0.262 e. The number of pyridine rings is 1. The summed E-state index contributed by atoms with van der Waals surface area (Å²) in [4.78, 5) is 32.3. The van der Waals surface area contributed by atoms with Gasteiger partial charge in [-0.1, -0.05) is 37.3 Å². The summed E-state index contributed by atoms with van der Waals surface area (Å²) in [5.74, 6) is 0.243. The molecule has 0 bridgehead atoms. The molecule has 0 saturated heterocycles. The number of amides is 2. The van der Waals surface area contributed by atoms with E-state index in [9.17, 15) is 9.59 Å². The minimum Gasteiger partial charge on any atom is -0.376 e. The number of halogens is 1. The highest BCUT2D eigenvalue weighted by atomic mass is 35.5. The van der Waals surface area contributed by atoms with Gasteiger partial charge in [0.1, 0.15) is 6.04 Å². The fourth-order valence-corrected chi connectivity index (χ4v) is 6.23. The Bertz CT molecular complexity index is 1280. The molecular formula is C28H35ClN6O2S. The summed E-state index contributed by atoms with van der Waals surface area (Å²) in [6.07, 6.45) is 13.6. The van der Waals surface area contributed by atoms with Crippen LogP contribution < -0.4 is 16.0 Å². The van der Waals surface area contributed by atoms with Crippen molar-refractivity contribution in [1.82, 2.24) is 25.4 Å². The van der Waals surface area contributed by atoms with Gasteiger partial charge in [-0.25, -0.2) is 0 Å². The Labute approximate surface area is 232 Å². The lowest BCUT2D eigenvalue weighted by molar-refractivity contribution is -0.123. The maximum atomic E-state index is 13.3. The van der Waals surface area contributed by atoms with Gasteiger partial charge in [0.25, 0.3) is 5.91 Å². The van der Waals surface area contributed by atoms with Crippen LogP contribution in [0, 0.1) is 12.8 Å². The molecule has 2 aliphatic carbocycles. The van der Waals surface area contributed by atoms with Crippen LogP contribution in [0.2, 0.25) is 5.02 Å². The van der Waals surface area contributed by atoms with Gasteiger partial charge in [-0.15, -0.1) is 11.3 Å². The van der Waals surface area contributed by atoms with Crippen LogP contribution in [0.25, 0.3) is 0 Å². The fourth-order valence-electron chi connectivity index (χ4n) is 5.11. The molecule has 10 heteroatoms. The van der Waals surface area contributed by atoms with E-state index in [0.29, 0.717) is 28.7 Å². The van der Waals surface area contributed by atoms with E-state index in [2.05, 4.69) is 26.0 Å². The van der Waals surface area contributed by atoms with Gasteiger partial charge in [-0.3, -0.25) is 19.3 Å². The maximum absolute atomic E-state index is 13.3. The summed E-state index contributed by atoms with van der Waals surface area (Å²) in [5.41, 5.74) is 2.76. The standard InChI is InChI=1S/C28H35ClN6O2S/c1-17-22(13-20(29)15-30-17)33-23(12-19-14-31-35(2)16-19)25-9-10-26(38-25)28(37)34-24(11-18-5-3-4-6-18)27(36)32-21-7-8-21/h9-10,13-16,18,21,23-24,33H,3-8,11-12H2,1-2H3,(H,32,36)(H,34,37)/t23-,24-/m0/s1. The first-order valence-electron chi connectivity index (χ1n) is 13.4. The highest BCUT2D eigenvalue weighted by Crippen LogP contribution is 2.32. The predicted molar refractivity (Wildman–Crippen MR) is 151 cm³/mol. The van der Waals surface area contributed by atoms with Gasteiger partial charge in [-0.2, -0.15) is 5.10 Å². The normalized spacial score (nSPS) is 17.2. The van der Waals surface area contributed by atoms with Crippen molar-refractivity contribution in [3.8, 4) is 0 Å². The molecule has 0 aromatic carbocycles. The van der Waals surface area contributed by atoms with Crippen LogP contribution >= 0.6 is 22.9 Å². The number of carbonyl (C=O) groups excluding carboxylic acids is 2. The summed E-state index contributed by atoms with van der Waals surface area (Å²) in [7, 11) is 1.89. The summed E-state index contributed by atoms with van der Waals surface area (Å²) < 4.78 is 1.78. The zero-order valence-corrected chi connectivity index (χ0v) is 23.4. The first-order valence-corrected chi connectivity index (χ1v) is 14.6. The molecular weight excluding hydrogens is 520 g/mol. The number of aryl methyl sites for hydroxylation is 2. The van der Waals surface area contributed by atoms with E-state index in [1.54, 1.807) is 10.9 Å². The molecule has 3 heterocycles. The molecule has 2 aliphatic rings. The summed E-state index contributed by atoms with van der Waals surface area (Å²) in [6.45, 7) is 1.93. The Morgan fingerprint density at radius 3 is 2.68 bits per heavy atom. The van der Waals surface area contributed by atoms with E-state index in [1.807, 2.05) is 44.6 Å². The average Bonchev–Trinajstić information content (AvgIpc) is 3.27. The van der Waals surface area contributed by atoms with Crippen LogP contribution in [0.15, 0.2) is 36.8 Å². The zero-order chi connectivity index (χ0) is 26.6. The Kier molecular flexibility index (Phi) is 8.33. The molecule has 202 valence electrons. The van der Waals surface area contributed by atoms with E-state index in [-0.39, 0.29) is 23.9 Å². The molecule has 3 aromatic rings. The lowest BCUT2D eigenvalue weighted by atomic mass is 9.97. The molecule has 0 spiro atoms. The van der Waals surface area contributed by atoms with Crippen molar-refractivity contribution in [2.75, 3.05) is 5.32 Å². The van der Waals surface area contributed by atoms with Gasteiger partial charge >= 0.3 is 0 Å². The van der Waals surface area contributed by atoms with Gasteiger partial charge in [0.2, 0.25) is 5.91 Å². The Morgan fingerprint density at radius 2 is 1.97 bits per heavy atom. The van der Waals surface area contributed by atoms with Crippen LogP contribution in [-0.4, -0.2) is 38.7 Å². The molecule has 5 rings (SSSR count). The Balaban J connectivity index is 1.33. The summed E-state index contributed by atoms with van der Waals surface area (Å²) >= 11 is 7.67. The van der Waals surface area contributed by atoms with Crippen molar-refractivity contribution in [1.29, 1.82) is 0 Å². The van der Waals surface area contributed by atoms with Crippen LogP contribution in [0.3, 0.4) is 0 Å². The topological polar surface area (TPSA) is 101 Å². The largest absolute Gasteiger partial charge is 0.376 e. The lowest BCUT2D eigenvalue weighted by Gasteiger charge is -2.21. The van der Waals surface area contributed by atoms with Crippen molar-refractivity contribution in [3.05, 3.63) is 62.8 Å². The second kappa shape index (κ2) is 11.9. The minimum absolute atomic E-state index is 0.0513. The minimum atomic E-state index is -0.499. The van der Waals surface area contributed by atoms with Crippen LogP contribution in [0.1, 0.15) is 76.8 Å². The Hall–Kier alpha value is -2.91. The predicted octanol–water partition coefficient (Wildman–Crippen LogP) is 5.19. The highest BCUT2D eigenvalue weighted by Gasteiger charge is 2.31. The molecule has 3 aromatic heterocycles. The van der Waals surface area contributed by atoms with Crippen molar-refractivity contribution < 1.29 is 9.59 Å². The number of anilines is 1. The number of rotatable bonds is 11. The number of thiophene rings is 1. The molecule has 0 radical (unpaired) electrons. The number of carbonyl (C=O) groups is 2. The molecule has 8 nitrogen and oxygen atoms in total. The first kappa shape index (κ1) is 26.7.